The van der Waals surface area contributed by atoms with Crippen LogP contribution in [0.15, 0.2) is 12.1 Å². The Kier molecular flexibility index (Phi) is 5.84. The summed E-state index contributed by atoms with van der Waals surface area (Å²) in [6.07, 6.45) is 0. The van der Waals surface area contributed by atoms with Gasteiger partial charge in [-0.05, 0) is 42.8 Å². The van der Waals surface area contributed by atoms with Crippen LogP contribution < -0.4 is 14.8 Å². The predicted molar refractivity (Wildman–Crippen MR) is 79.3 cm³/mol. The van der Waals surface area contributed by atoms with E-state index in [1.807, 2.05) is 12.1 Å². The molecule has 0 aliphatic heterocycles. The summed E-state index contributed by atoms with van der Waals surface area (Å²) in [6.45, 7) is 1.89. The minimum atomic E-state index is 0.750. The lowest BCUT2D eigenvalue weighted by Crippen LogP contribution is -2.21. The van der Waals surface area contributed by atoms with Crippen molar-refractivity contribution in [2.24, 2.45) is 0 Å². The summed E-state index contributed by atoms with van der Waals surface area (Å²) in [6, 6.07) is 3.94. The zero-order valence-corrected chi connectivity index (χ0v) is 12.9. The average Bonchev–Trinajstić information content (AvgIpc) is 2.30. The minimum Gasteiger partial charge on any atom is -0.493 e. The fraction of sp³-hybridized carbons (Fsp3) is 0.500. The summed E-state index contributed by atoms with van der Waals surface area (Å²) in [7, 11) is 7.41. The molecule has 1 aromatic rings. The van der Waals surface area contributed by atoms with E-state index in [1.54, 1.807) is 14.2 Å². The van der Waals surface area contributed by atoms with Crippen molar-refractivity contribution < 1.29 is 9.47 Å². The van der Waals surface area contributed by atoms with Crippen LogP contribution >= 0.6 is 22.6 Å². The van der Waals surface area contributed by atoms with Crippen molar-refractivity contribution in [3.05, 3.63) is 15.7 Å². The first-order chi connectivity index (χ1) is 8.08. The number of ether oxygens (including phenoxy) is 2. The smallest absolute Gasteiger partial charge is 0.162 e. The van der Waals surface area contributed by atoms with E-state index in [1.165, 1.54) is 0 Å². The van der Waals surface area contributed by atoms with E-state index >= 15 is 0 Å². The third kappa shape index (κ3) is 4.23. The molecule has 0 saturated carbocycles. The van der Waals surface area contributed by atoms with Gasteiger partial charge in [0.25, 0.3) is 0 Å². The Labute approximate surface area is 116 Å². The van der Waals surface area contributed by atoms with Gasteiger partial charge in [-0.25, -0.2) is 0 Å². The molecule has 0 radical (unpaired) electrons. The number of anilines is 1. The Morgan fingerprint density at radius 3 is 2.29 bits per heavy atom. The van der Waals surface area contributed by atoms with E-state index in [9.17, 15) is 0 Å². The zero-order chi connectivity index (χ0) is 12.8. The van der Waals surface area contributed by atoms with Gasteiger partial charge in [-0.2, -0.15) is 0 Å². The molecule has 0 spiro atoms. The zero-order valence-electron chi connectivity index (χ0n) is 10.7. The van der Waals surface area contributed by atoms with Gasteiger partial charge in [0.05, 0.1) is 19.9 Å². The van der Waals surface area contributed by atoms with E-state index < -0.39 is 0 Å². The van der Waals surface area contributed by atoms with Crippen LogP contribution in [0.25, 0.3) is 0 Å². The highest BCUT2D eigenvalue weighted by Crippen LogP contribution is 2.33. The van der Waals surface area contributed by atoms with Crippen LogP contribution in [0.1, 0.15) is 0 Å². The fourth-order valence-electron chi connectivity index (χ4n) is 1.40. The number of likely N-dealkylation sites (N-methyl/N-ethyl adjacent to an activating group) is 1. The number of halogens is 1. The fourth-order valence-corrected chi connectivity index (χ4v) is 2.03. The van der Waals surface area contributed by atoms with Crippen LogP contribution in [0.5, 0.6) is 11.5 Å². The van der Waals surface area contributed by atoms with E-state index in [2.05, 4.69) is 46.9 Å². The van der Waals surface area contributed by atoms with Crippen molar-refractivity contribution in [3.63, 3.8) is 0 Å². The van der Waals surface area contributed by atoms with Gasteiger partial charge >= 0.3 is 0 Å². The molecule has 0 aliphatic carbocycles. The minimum absolute atomic E-state index is 0.750. The molecule has 96 valence electrons. The molecule has 5 heteroatoms. The molecule has 0 unspecified atom stereocenters. The number of hydrogen-bond donors (Lipinski definition) is 1. The lowest BCUT2D eigenvalue weighted by Gasteiger charge is -2.15. The van der Waals surface area contributed by atoms with Gasteiger partial charge < -0.3 is 19.7 Å². The summed E-state index contributed by atoms with van der Waals surface area (Å²) in [4.78, 5) is 2.14. The Hall–Kier alpha value is -0.690. The number of nitrogens with one attached hydrogen (secondary N) is 1. The molecule has 0 fully saturated rings. The molecule has 1 rings (SSSR count). The standard InChI is InChI=1S/C12H19IN2O2/c1-15(2)6-5-14-10-8-12(17-4)11(16-3)7-9(10)13/h7-8,14H,5-6H2,1-4H3. The van der Waals surface area contributed by atoms with E-state index in [-0.39, 0.29) is 0 Å². The molecule has 0 saturated heterocycles. The van der Waals surface area contributed by atoms with Crippen molar-refractivity contribution in [1.82, 2.24) is 4.90 Å². The molecule has 4 nitrogen and oxygen atoms in total. The summed E-state index contributed by atoms with van der Waals surface area (Å²) in [5, 5.41) is 3.39. The SMILES string of the molecule is COc1cc(I)c(NCCN(C)C)cc1OC. The molecule has 0 aliphatic rings. The monoisotopic (exact) mass is 350 g/mol. The van der Waals surface area contributed by atoms with Crippen molar-refractivity contribution in [1.29, 1.82) is 0 Å². The Balaban J connectivity index is 2.78. The van der Waals surface area contributed by atoms with Crippen molar-refractivity contribution in [2.45, 2.75) is 0 Å². The molecular formula is C12H19IN2O2. The second-order valence-electron chi connectivity index (χ2n) is 3.92. The number of methoxy groups -OCH3 is 2. The first-order valence-corrected chi connectivity index (χ1v) is 6.46. The lowest BCUT2D eigenvalue weighted by atomic mass is 10.2. The van der Waals surface area contributed by atoms with Crippen molar-refractivity contribution >= 4 is 28.3 Å². The van der Waals surface area contributed by atoms with Crippen LogP contribution in [0.4, 0.5) is 5.69 Å². The highest BCUT2D eigenvalue weighted by atomic mass is 127. The maximum Gasteiger partial charge on any atom is 0.162 e. The Morgan fingerprint density at radius 2 is 1.76 bits per heavy atom. The molecule has 1 N–H and O–H groups in total. The Bertz CT molecular complexity index is 370. The first-order valence-electron chi connectivity index (χ1n) is 5.38. The number of benzene rings is 1. The van der Waals surface area contributed by atoms with E-state index in [4.69, 9.17) is 9.47 Å². The van der Waals surface area contributed by atoms with Crippen LogP contribution in [0, 0.1) is 3.57 Å². The molecule has 0 bridgehead atoms. The molecule has 0 aromatic heterocycles. The Morgan fingerprint density at radius 1 is 1.18 bits per heavy atom. The molecule has 0 heterocycles. The molecule has 17 heavy (non-hydrogen) atoms. The van der Waals surface area contributed by atoms with Crippen LogP contribution in [-0.2, 0) is 0 Å². The maximum atomic E-state index is 5.28. The lowest BCUT2D eigenvalue weighted by molar-refractivity contribution is 0.355. The predicted octanol–water partition coefficient (Wildman–Crippen LogP) is 2.28. The highest BCUT2D eigenvalue weighted by Gasteiger charge is 2.08. The topological polar surface area (TPSA) is 33.7 Å². The van der Waals surface area contributed by atoms with E-state index in [0.717, 1.165) is 33.8 Å². The third-order valence-electron chi connectivity index (χ3n) is 2.35. The van der Waals surface area contributed by atoms with Crippen LogP contribution in [0.2, 0.25) is 0 Å². The number of hydrogen-bond acceptors (Lipinski definition) is 4. The second kappa shape index (κ2) is 6.90. The normalized spacial score (nSPS) is 10.5. The summed E-state index contributed by atoms with van der Waals surface area (Å²) < 4.78 is 11.7. The van der Waals surface area contributed by atoms with Gasteiger partial charge in [-0.3, -0.25) is 0 Å². The molecule has 0 amide bonds. The maximum absolute atomic E-state index is 5.28. The van der Waals surface area contributed by atoms with Crippen LogP contribution in [0.3, 0.4) is 0 Å². The van der Waals surface area contributed by atoms with Gasteiger partial charge in [0, 0.05) is 22.7 Å². The average molecular weight is 350 g/mol. The number of nitrogens with zero attached hydrogens (tertiary/aromatic N) is 1. The largest absolute Gasteiger partial charge is 0.493 e. The molecule has 0 atom stereocenters. The highest BCUT2D eigenvalue weighted by molar-refractivity contribution is 14.1. The number of rotatable bonds is 6. The van der Waals surface area contributed by atoms with Gasteiger partial charge in [-0.1, -0.05) is 0 Å². The first kappa shape index (κ1) is 14.4. The van der Waals surface area contributed by atoms with E-state index in [0.29, 0.717) is 0 Å². The quantitative estimate of drug-likeness (QED) is 0.799. The molecular weight excluding hydrogens is 331 g/mol. The second-order valence-corrected chi connectivity index (χ2v) is 5.08. The van der Waals surface area contributed by atoms with Crippen LogP contribution in [-0.4, -0.2) is 46.3 Å². The van der Waals surface area contributed by atoms with Gasteiger partial charge in [-0.15, -0.1) is 0 Å². The van der Waals surface area contributed by atoms with Crippen molar-refractivity contribution in [3.8, 4) is 11.5 Å². The van der Waals surface area contributed by atoms with Crippen molar-refractivity contribution in [2.75, 3.05) is 46.7 Å². The van der Waals surface area contributed by atoms with Gasteiger partial charge in [0.15, 0.2) is 11.5 Å². The third-order valence-corrected chi connectivity index (χ3v) is 3.24. The molecule has 1 aromatic carbocycles. The summed E-state index contributed by atoms with van der Waals surface area (Å²) in [5.74, 6) is 1.51. The van der Waals surface area contributed by atoms with Gasteiger partial charge in [0.2, 0.25) is 0 Å². The summed E-state index contributed by atoms with van der Waals surface area (Å²) in [5.41, 5.74) is 1.07. The summed E-state index contributed by atoms with van der Waals surface area (Å²) >= 11 is 2.29. The van der Waals surface area contributed by atoms with Gasteiger partial charge in [0.1, 0.15) is 0 Å².